The van der Waals surface area contributed by atoms with Crippen molar-refractivity contribution in [3.63, 3.8) is 0 Å². The molecule has 0 bridgehead atoms. The summed E-state index contributed by atoms with van der Waals surface area (Å²) < 4.78 is 10.4. The van der Waals surface area contributed by atoms with Gasteiger partial charge in [-0.05, 0) is 42.3 Å². The molecule has 5 heteroatoms. The number of rotatable bonds is 5. The number of hydrogen-bond acceptors (Lipinski definition) is 4. The van der Waals surface area contributed by atoms with Crippen LogP contribution >= 0.6 is 11.6 Å². The van der Waals surface area contributed by atoms with Crippen LogP contribution in [0.15, 0.2) is 48.5 Å². The summed E-state index contributed by atoms with van der Waals surface area (Å²) in [5.74, 6) is -0.395. The van der Waals surface area contributed by atoms with E-state index >= 15 is 0 Å². The molecule has 2 aromatic carbocycles. The predicted octanol–water partition coefficient (Wildman–Crippen LogP) is 4.37. The van der Waals surface area contributed by atoms with Crippen molar-refractivity contribution in [1.29, 1.82) is 0 Å². The number of esters is 2. The smallest absolute Gasteiger partial charge is 0.343 e. The van der Waals surface area contributed by atoms with E-state index in [2.05, 4.69) is 0 Å². The second-order valence-electron chi connectivity index (χ2n) is 5.39. The molecule has 0 aliphatic carbocycles. The molecule has 0 saturated heterocycles. The van der Waals surface area contributed by atoms with Crippen molar-refractivity contribution in [1.82, 2.24) is 0 Å². The van der Waals surface area contributed by atoms with Crippen LogP contribution in [-0.4, -0.2) is 18.5 Å². The van der Waals surface area contributed by atoms with Crippen LogP contribution in [0.4, 0.5) is 0 Å². The Balaban J connectivity index is 2.03. The fourth-order valence-corrected chi connectivity index (χ4v) is 1.93. The number of benzene rings is 2. The lowest BCUT2D eigenvalue weighted by Crippen LogP contribution is -2.12. The van der Waals surface area contributed by atoms with Crippen molar-refractivity contribution in [2.45, 2.75) is 13.8 Å². The van der Waals surface area contributed by atoms with Gasteiger partial charge in [-0.15, -0.1) is 0 Å². The summed E-state index contributed by atoms with van der Waals surface area (Å²) in [6.45, 7) is 4.28. The lowest BCUT2D eigenvalue weighted by Gasteiger charge is -2.08. The summed E-state index contributed by atoms with van der Waals surface area (Å²) >= 11 is 5.94. The van der Waals surface area contributed by atoms with E-state index in [1.807, 2.05) is 13.8 Å². The van der Waals surface area contributed by atoms with E-state index in [9.17, 15) is 9.59 Å². The van der Waals surface area contributed by atoms with Gasteiger partial charge in [0.25, 0.3) is 0 Å². The van der Waals surface area contributed by atoms with E-state index in [4.69, 9.17) is 21.1 Å². The fourth-order valence-electron chi connectivity index (χ4n) is 1.75. The highest BCUT2D eigenvalue weighted by Gasteiger charge is 2.13. The third-order valence-corrected chi connectivity index (χ3v) is 3.26. The molecular weight excluding hydrogens is 316 g/mol. The van der Waals surface area contributed by atoms with Crippen molar-refractivity contribution in [2.75, 3.05) is 6.61 Å². The van der Waals surface area contributed by atoms with Crippen LogP contribution in [0.1, 0.15) is 34.6 Å². The van der Waals surface area contributed by atoms with Crippen LogP contribution in [0.25, 0.3) is 0 Å². The van der Waals surface area contributed by atoms with Gasteiger partial charge in [0, 0.05) is 0 Å². The first kappa shape index (κ1) is 17.0. The molecule has 0 heterocycles. The second kappa shape index (κ2) is 7.79. The van der Waals surface area contributed by atoms with Gasteiger partial charge in [-0.3, -0.25) is 0 Å². The molecule has 0 N–H and O–H groups in total. The number of hydrogen-bond donors (Lipinski definition) is 0. The largest absolute Gasteiger partial charge is 0.462 e. The van der Waals surface area contributed by atoms with Crippen molar-refractivity contribution in [3.8, 4) is 5.75 Å². The number of halogens is 1. The van der Waals surface area contributed by atoms with Gasteiger partial charge < -0.3 is 9.47 Å². The Bertz CT molecular complexity index is 692. The first-order valence-corrected chi connectivity index (χ1v) is 7.59. The quantitative estimate of drug-likeness (QED) is 0.602. The Morgan fingerprint density at radius 2 is 1.52 bits per heavy atom. The molecule has 0 amide bonds. The van der Waals surface area contributed by atoms with E-state index in [0.29, 0.717) is 28.5 Å². The van der Waals surface area contributed by atoms with E-state index in [1.165, 1.54) is 24.3 Å². The van der Waals surface area contributed by atoms with Gasteiger partial charge in [-0.2, -0.15) is 0 Å². The Morgan fingerprint density at radius 3 is 2.09 bits per heavy atom. The third-order valence-electron chi connectivity index (χ3n) is 2.94. The average molecular weight is 333 g/mol. The van der Waals surface area contributed by atoms with E-state index in [1.54, 1.807) is 24.3 Å². The highest BCUT2D eigenvalue weighted by molar-refractivity contribution is 6.32. The summed E-state index contributed by atoms with van der Waals surface area (Å²) in [5.41, 5.74) is 0.713. The molecule has 0 radical (unpaired) electrons. The van der Waals surface area contributed by atoms with Gasteiger partial charge in [0.1, 0.15) is 5.75 Å². The van der Waals surface area contributed by atoms with Gasteiger partial charge in [-0.1, -0.05) is 37.6 Å². The molecule has 2 rings (SSSR count). The number of carbonyl (C=O) groups excluding carboxylic acids is 2. The summed E-state index contributed by atoms with van der Waals surface area (Å²) in [5, 5.41) is 0.356. The SMILES string of the molecule is CC(C)COC(=O)c1ccc(C(=O)Oc2ccccc2Cl)cc1. The van der Waals surface area contributed by atoms with Crippen molar-refractivity contribution in [2.24, 2.45) is 5.92 Å². The monoisotopic (exact) mass is 332 g/mol. The normalized spacial score (nSPS) is 10.4. The Labute approximate surface area is 140 Å². The lowest BCUT2D eigenvalue weighted by atomic mass is 10.1. The van der Waals surface area contributed by atoms with Crippen molar-refractivity contribution in [3.05, 3.63) is 64.7 Å². The van der Waals surface area contributed by atoms with Crippen LogP contribution in [0.3, 0.4) is 0 Å². The molecule has 0 fully saturated rings. The highest BCUT2D eigenvalue weighted by atomic mass is 35.5. The molecule has 4 nitrogen and oxygen atoms in total. The number of carbonyl (C=O) groups is 2. The van der Waals surface area contributed by atoms with Crippen molar-refractivity contribution < 1.29 is 19.1 Å². The maximum atomic E-state index is 12.1. The zero-order valence-electron chi connectivity index (χ0n) is 12.9. The Hall–Kier alpha value is -2.33. The van der Waals surface area contributed by atoms with E-state index in [-0.39, 0.29) is 5.92 Å². The first-order valence-electron chi connectivity index (χ1n) is 7.21. The van der Waals surface area contributed by atoms with E-state index in [0.717, 1.165) is 0 Å². The Morgan fingerprint density at radius 1 is 0.957 bits per heavy atom. The summed E-state index contributed by atoms with van der Waals surface area (Å²) in [6.07, 6.45) is 0. The van der Waals surface area contributed by atoms with Gasteiger partial charge in [0.05, 0.1) is 22.8 Å². The maximum Gasteiger partial charge on any atom is 0.343 e. The van der Waals surface area contributed by atoms with Gasteiger partial charge >= 0.3 is 11.9 Å². The molecule has 2 aromatic rings. The molecule has 0 unspecified atom stereocenters. The number of para-hydroxylation sites is 1. The average Bonchev–Trinajstić information content (AvgIpc) is 2.54. The van der Waals surface area contributed by atoms with Crippen molar-refractivity contribution >= 4 is 23.5 Å². The Kier molecular flexibility index (Phi) is 5.77. The first-order chi connectivity index (χ1) is 11.0. The van der Waals surface area contributed by atoms with Crippen LogP contribution in [0, 0.1) is 5.92 Å². The number of ether oxygens (including phenoxy) is 2. The second-order valence-corrected chi connectivity index (χ2v) is 5.80. The van der Waals surface area contributed by atoms with Crippen LogP contribution in [0.2, 0.25) is 5.02 Å². The minimum Gasteiger partial charge on any atom is -0.462 e. The topological polar surface area (TPSA) is 52.6 Å². The molecule has 0 spiro atoms. The minimum absolute atomic E-state index is 0.267. The molecule has 0 aliphatic rings. The summed E-state index contributed by atoms with van der Waals surface area (Å²) in [4.78, 5) is 23.9. The third kappa shape index (κ3) is 4.83. The zero-order chi connectivity index (χ0) is 16.8. The molecule has 0 atom stereocenters. The maximum absolute atomic E-state index is 12.1. The summed E-state index contributed by atoms with van der Waals surface area (Å²) in [7, 11) is 0. The molecule has 23 heavy (non-hydrogen) atoms. The lowest BCUT2D eigenvalue weighted by molar-refractivity contribution is 0.0458. The van der Waals surface area contributed by atoms with Gasteiger partial charge in [0.2, 0.25) is 0 Å². The summed E-state index contributed by atoms with van der Waals surface area (Å²) in [6, 6.07) is 12.8. The van der Waals surface area contributed by atoms with Gasteiger partial charge in [-0.25, -0.2) is 9.59 Å². The minimum atomic E-state index is -0.541. The molecule has 0 aromatic heterocycles. The van der Waals surface area contributed by atoms with Crippen LogP contribution in [0.5, 0.6) is 5.75 Å². The zero-order valence-corrected chi connectivity index (χ0v) is 13.7. The molecular formula is C18H17ClO4. The molecule has 0 aliphatic heterocycles. The molecule has 0 saturated carbocycles. The highest BCUT2D eigenvalue weighted by Crippen LogP contribution is 2.24. The molecule has 120 valence electrons. The van der Waals surface area contributed by atoms with Crippen LogP contribution < -0.4 is 4.74 Å². The fraction of sp³-hybridized carbons (Fsp3) is 0.222. The predicted molar refractivity (Wildman–Crippen MR) is 88.0 cm³/mol. The van der Waals surface area contributed by atoms with Gasteiger partial charge in [0.15, 0.2) is 0 Å². The van der Waals surface area contributed by atoms with Crippen LogP contribution in [-0.2, 0) is 4.74 Å². The standard InChI is InChI=1S/C18H17ClO4/c1-12(2)11-22-17(20)13-7-9-14(10-8-13)18(21)23-16-6-4-3-5-15(16)19/h3-10,12H,11H2,1-2H3. The van der Waals surface area contributed by atoms with E-state index < -0.39 is 11.9 Å².